The second-order valence-corrected chi connectivity index (χ2v) is 12.8. The number of piperidine rings is 1. The first kappa shape index (κ1) is 29.6. The Morgan fingerprint density at radius 3 is 2.57 bits per heavy atom. The molecule has 2 aromatic carbocycles. The van der Waals surface area contributed by atoms with Gasteiger partial charge in [0, 0.05) is 59.0 Å². The highest BCUT2D eigenvalue weighted by atomic mass is 32.1. The molecule has 1 amide bonds. The highest BCUT2D eigenvalue weighted by Crippen LogP contribution is 2.34. The molecule has 10 heteroatoms. The maximum Gasteiger partial charge on any atom is 0.229 e. The molecule has 2 N–H and O–H groups in total. The van der Waals surface area contributed by atoms with Crippen molar-refractivity contribution in [1.82, 2.24) is 24.3 Å². The smallest absolute Gasteiger partial charge is 0.229 e. The fourth-order valence-electron chi connectivity index (χ4n) is 6.04. The Hall–Kier alpha value is -5.06. The molecule has 4 aromatic heterocycles. The molecule has 0 unspecified atom stereocenters. The number of anilines is 4. The number of fused-ring (bicyclic) bond motifs is 1. The van der Waals surface area contributed by atoms with E-state index in [2.05, 4.69) is 63.8 Å². The number of benzene rings is 2. The van der Waals surface area contributed by atoms with Crippen LogP contribution in [-0.4, -0.2) is 63.4 Å². The average Bonchev–Trinajstić information content (AvgIpc) is 3.73. The molecule has 1 aliphatic rings. The van der Waals surface area contributed by atoms with Crippen molar-refractivity contribution in [3.63, 3.8) is 0 Å². The van der Waals surface area contributed by atoms with Crippen LogP contribution in [0, 0.1) is 0 Å². The van der Waals surface area contributed by atoms with E-state index in [1.54, 1.807) is 17.5 Å². The lowest BCUT2D eigenvalue weighted by molar-refractivity contribution is -0.115. The first-order valence-corrected chi connectivity index (χ1v) is 16.4. The summed E-state index contributed by atoms with van der Waals surface area (Å²) in [7, 11) is 4.34. The van der Waals surface area contributed by atoms with E-state index in [0.29, 0.717) is 18.4 Å². The number of carbonyl (C=O) groups is 1. The van der Waals surface area contributed by atoms with Crippen LogP contribution in [0.5, 0.6) is 0 Å². The van der Waals surface area contributed by atoms with Gasteiger partial charge in [0.15, 0.2) is 0 Å². The number of rotatable bonds is 9. The molecule has 9 nitrogen and oxygen atoms in total. The van der Waals surface area contributed by atoms with Crippen LogP contribution >= 0.6 is 11.3 Å². The summed E-state index contributed by atoms with van der Waals surface area (Å²) in [6, 6.07) is 28.7. The lowest BCUT2D eigenvalue weighted by Crippen LogP contribution is -2.41. The Morgan fingerprint density at radius 1 is 0.935 bits per heavy atom. The SMILES string of the molecule is CN(C)C1CCN(c2ccc(Nc3nccc(-c4c(-c5cccc(NC(=O)Cc6cccs6)c5)nc5ccccn45)n3)cc2)CC1. The maximum atomic E-state index is 12.7. The van der Waals surface area contributed by atoms with Crippen molar-refractivity contribution in [1.29, 1.82) is 0 Å². The van der Waals surface area contributed by atoms with Crippen LogP contribution in [0.4, 0.5) is 23.0 Å². The number of thiophene rings is 1. The van der Waals surface area contributed by atoms with E-state index in [1.165, 1.54) is 18.5 Å². The van der Waals surface area contributed by atoms with E-state index in [1.807, 2.05) is 76.6 Å². The van der Waals surface area contributed by atoms with Gasteiger partial charge in [-0.2, -0.15) is 0 Å². The molecule has 0 aliphatic carbocycles. The summed E-state index contributed by atoms with van der Waals surface area (Å²) in [4.78, 5) is 33.0. The van der Waals surface area contributed by atoms with Crippen molar-refractivity contribution in [3.8, 4) is 22.6 Å². The van der Waals surface area contributed by atoms with Gasteiger partial charge in [-0.25, -0.2) is 15.0 Å². The topological polar surface area (TPSA) is 90.7 Å². The molecule has 1 aliphatic heterocycles. The molecule has 0 saturated carbocycles. The van der Waals surface area contributed by atoms with Crippen LogP contribution in [0.25, 0.3) is 28.3 Å². The van der Waals surface area contributed by atoms with E-state index < -0.39 is 0 Å². The Balaban J connectivity index is 1.13. The molecule has 232 valence electrons. The van der Waals surface area contributed by atoms with Gasteiger partial charge < -0.3 is 20.4 Å². The number of hydrogen-bond acceptors (Lipinski definition) is 8. The molecule has 6 aromatic rings. The Kier molecular flexibility index (Phi) is 8.45. The number of carbonyl (C=O) groups excluding carboxylic acids is 1. The van der Waals surface area contributed by atoms with Crippen molar-refractivity contribution in [3.05, 3.63) is 108 Å². The number of aromatic nitrogens is 4. The first-order chi connectivity index (χ1) is 22.5. The number of pyridine rings is 1. The summed E-state index contributed by atoms with van der Waals surface area (Å²) in [6.45, 7) is 2.12. The Bertz CT molecular complexity index is 1940. The molecule has 7 rings (SSSR count). The van der Waals surface area contributed by atoms with Crippen molar-refractivity contribution >= 4 is 45.9 Å². The van der Waals surface area contributed by atoms with Crippen molar-refractivity contribution < 1.29 is 4.79 Å². The lowest BCUT2D eigenvalue weighted by Gasteiger charge is -2.36. The quantitative estimate of drug-likeness (QED) is 0.179. The summed E-state index contributed by atoms with van der Waals surface area (Å²) in [5.41, 5.74) is 6.92. The molecule has 0 radical (unpaired) electrons. The summed E-state index contributed by atoms with van der Waals surface area (Å²) in [5, 5.41) is 8.41. The average molecular weight is 629 g/mol. The third-order valence-corrected chi connectivity index (χ3v) is 9.32. The van der Waals surface area contributed by atoms with Crippen LogP contribution in [0.15, 0.2) is 103 Å². The molecular weight excluding hydrogens is 593 g/mol. The predicted octanol–water partition coefficient (Wildman–Crippen LogP) is 6.98. The largest absolute Gasteiger partial charge is 0.371 e. The van der Waals surface area contributed by atoms with Crippen molar-refractivity contribution in [2.75, 3.05) is 42.7 Å². The van der Waals surface area contributed by atoms with E-state index in [0.717, 1.165) is 57.6 Å². The van der Waals surface area contributed by atoms with Crippen LogP contribution in [0.1, 0.15) is 17.7 Å². The molecule has 5 heterocycles. The third-order valence-electron chi connectivity index (χ3n) is 8.45. The Morgan fingerprint density at radius 2 is 1.78 bits per heavy atom. The van der Waals surface area contributed by atoms with Gasteiger partial charge in [0.05, 0.1) is 23.5 Å². The molecule has 1 fully saturated rings. The van der Waals surface area contributed by atoms with Gasteiger partial charge in [-0.1, -0.05) is 24.3 Å². The highest BCUT2D eigenvalue weighted by molar-refractivity contribution is 7.10. The minimum Gasteiger partial charge on any atom is -0.371 e. The summed E-state index contributed by atoms with van der Waals surface area (Å²) < 4.78 is 2.04. The van der Waals surface area contributed by atoms with Crippen molar-refractivity contribution in [2.24, 2.45) is 0 Å². The summed E-state index contributed by atoms with van der Waals surface area (Å²) >= 11 is 1.58. The number of amides is 1. The Labute approximate surface area is 272 Å². The minimum atomic E-state index is -0.0525. The van der Waals surface area contributed by atoms with Crippen LogP contribution in [0.2, 0.25) is 0 Å². The fraction of sp³-hybridized carbons (Fsp3) is 0.222. The molecule has 0 atom stereocenters. The normalized spacial score (nSPS) is 13.8. The molecule has 1 saturated heterocycles. The molecule has 46 heavy (non-hydrogen) atoms. The van der Waals surface area contributed by atoms with Gasteiger partial charge in [0.1, 0.15) is 5.65 Å². The second kappa shape index (κ2) is 13.1. The molecule has 0 spiro atoms. The van der Waals surface area contributed by atoms with Crippen molar-refractivity contribution in [2.45, 2.75) is 25.3 Å². The highest BCUT2D eigenvalue weighted by Gasteiger charge is 2.21. The summed E-state index contributed by atoms with van der Waals surface area (Å²) in [6.07, 6.45) is 6.45. The fourth-order valence-corrected chi connectivity index (χ4v) is 6.74. The van der Waals surface area contributed by atoms with E-state index in [9.17, 15) is 4.79 Å². The van der Waals surface area contributed by atoms with Gasteiger partial charge in [0.25, 0.3) is 0 Å². The summed E-state index contributed by atoms with van der Waals surface area (Å²) in [5.74, 6) is 0.451. The molecule has 0 bridgehead atoms. The van der Waals surface area contributed by atoms with Crippen LogP contribution < -0.4 is 15.5 Å². The first-order valence-electron chi connectivity index (χ1n) is 15.5. The lowest BCUT2D eigenvalue weighted by atomic mass is 10.0. The second-order valence-electron chi connectivity index (χ2n) is 11.7. The number of nitrogens with one attached hydrogen (secondary N) is 2. The van der Waals surface area contributed by atoms with Crippen LogP contribution in [-0.2, 0) is 11.2 Å². The predicted molar refractivity (Wildman–Crippen MR) is 187 cm³/mol. The van der Waals surface area contributed by atoms with E-state index >= 15 is 0 Å². The molecular formula is C36H36N8OS. The van der Waals surface area contributed by atoms with Gasteiger partial charge in [-0.3, -0.25) is 9.20 Å². The number of nitrogens with zero attached hydrogens (tertiary/aromatic N) is 6. The van der Waals surface area contributed by atoms with Gasteiger partial charge in [0.2, 0.25) is 11.9 Å². The number of imidazole rings is 1. The standard InChI is InChI=1S/C36H36N8OS/c1-42(2)28-16-20-43(21-17-28)29-13-11-26(12-14-29)39-36-37-18-15-31(40-36)35-34(41-32-10-3-4-19-44(32)35)25-7-5-8-27(23-25)38-33(45)24-30-9-6-22-46-30/h3-15,18-19,22-23,28H,16-17,20-21,24H2,1-2H3,(H,38,45)(H,37,39,40). The maximum absolute atomic E-state index is 12.7. The zero-order chi connectivity index (χ0) is 31.5. The number of hydrogen-bond donors (Lipinski definition) is 2. The van der Waals surface area contributed by atoms with E-state index in [-0.39, 0.29) is 5.91 Å². The third kappa shape index (κ3) is 6.49. The van der Waals surface area contributed by atoms with Gasteiger partial charge >= 0.3 is 0 Å². The monoisotopic (exact) mass is 628 g/mol. The van der Waals surface area contributed by atoms with Crippen LogP contribution in [0.3, 0.4) is 0 Å². The minimum absolute atomic E-state index is 0.0525. The zero-order valence-corrected chi connectivity index (χ0v) is 26.7. The zero-order valence-electron chi connectivity index (χ0n) is 25.9. The van der Waals surface area contributed by atoms with Gasteiger partial charge in [-0.15, -0.1) is 11.3 Å². The van der Waals surface area contributed by atoms with Gasteiger partial charge in [-0.05, 0) is 93.0 Å². The van der Waals surface area contributed by atoms with E-state index in [4.69, 9.17) is 9.97 Å².